The molecule has 0 aliphatic heterocycles. The quantitative estimate of drug-likeness (QED) is 0.590. The van der Waals surface area contributed by atoms with Gasteiger partial charge in [-0.05, 0) is 55.7 Å². The zero-order valence-electron chi connectivity index (χ0n) is 19.9. The van der Waals surface area contributed by atoms with E-state index in [-0.39, 0.29) is 11.3 Å². The van der Waals surface area contributed by atoms with Gasteiger partial charge in [-0.15, -0.1) is 0 Å². The van der Waals surface area contributed by atoms with Gasteiger partial charge in [0.25, 0.3) is 5.91 Å². The van der Waals surface area contributed by atoms with Crippen molar-refractivity contribution in [3.8, 4) is 0 Å². The van der Waals surface area contributed by atoms with Gasteiger partial charge in [0, 0.05) is 29.7 Å². The van der Waals surface area contributed by atoms with E-state index in [0.717, 1.165) is 65.9 Å². The van der Waals surface area contributed by atoms with Gasteiger partial charge < -0.3 is 9.88 Å². The number of anilines is 1. The van der Waals surface area contributed by atoms with Gasteiger partial charge in [0.1, 0.15) is 5.56 Å². The third-order valence-corrected chi connectivity index (χ3v) is 6.10. The molecule has 1 amide bonds. The number of aromatic nitrogens is 1. The lowest BCUT2D eigenvalue weighted by Crippen LogP contribution is -2.31. The van der Waals surface area contributed by atoms with Gasteiger partial charge in [-0.25, -0.2) is 0 Å². The van der Waals surface area contributed by atoms with E-state index >= 15 is 0 Å². The monoisotopic (exact) mass is 410 g/mol. The van der Waals surface area contributed by atoms with Crippen molar-refractivity contribution in [2.24, 2.45) is 7.05 Å². The van der Waals surface area contributed by atoms with E-state index in [2.05, 4.69) is 45.1 Å². The van der Waals surface area contributed by atoms with Gasteiger partial charge in [0.2, 0.25) is 0 Å². The second kappa shape index (κ2) is 10.6. The molecular formula is C26H38N2O2. The van der Waals surface area contributed by atoms with Crippen LogP contribution in [0.4, 0.5) is 5.69 Å². The average molecular weight is 411 g/mol. The molecule has 1 N–H and O–H groups in total. The molecule has 1 aromatic carbocycles. The average Bonchev–Trinajstić information content (AvgIpc) is 2.73. The van der Waals surface area contributed by atoms with Crippen molar-refractivity contribution >= 4 is 11.6 Å². The standard InChI is InChI=1S/C26H38N2O2/c1-8-13-18-15-19(10-3)24(20(11-4)16-18)27-26(30)23-22(14-9-2)28(7)17(6)21(12-5)25(23)29/h15-16H,8-14H2,1-7H3,(H,27,30). The van der Waals surface area contributed by atoms with Crippen molar-refractivity contribution in [1.82, 2.24) is 4.57 Å². The highest BCUT2D eigenvalue weighted by Gasteiger charge is 2.23. The number of benzene rings is 1. The molecule has 1 aromatic heterocycles. The molecule has 0 aliphatic rings. The molecule has 4 heteroatoms. The summed E-state index contributed by atoms with van der Waals surface area (Å²) in [4.78, 5) is 26.8. The minimum absolute atomic E-state index is 0.118. The van der Waals surface area contributed by atoms with E-state index in [9.17, 15) is 9.59 Å². The smallest absolute Gasteiger partial charge is 0.261 e. The van der Waals surface area contributed by atoms with Crippen LogP contribution in [0.3, 0.4) is 0 Å². The molecule has 0 unspecified atom stereocenters. The normalized spacial score (nSPS) is 11.0. The minimum atomic E-state index is -0.276. The first-order valence-electron chi connectivity index (χ1n) is 11.5. The van der Waals surface area contributed by atoms with Gasteiger partial charge in [0.05, 0.1) is 0 Å². The van der Waals surface area contributed by atoms with Gasteiger partial charge in [-0.2, -0.15) is 0 Å². The largest absolute Gasteiger partial charge is 0.351 e. The summed E-state index contributed by atoms with van der Waals surface area (Å²) in [6, 6.07) is 4.41. The number of pyridine rings is 1. The van der Waals surface area contributed by atoms with E-state index in [0.29, 0.717) is 18.4 Å². The predicted molar refractivity (Wildman–Crippen MR) is 127 cm³/mol. The second-order valence-corrected chi connectivity index (χ2v) is 8.08. The summed E-state index contributed by atoms with van der Waals surface area (Å²) in [5, 5.41) is 3.15. The minimum Gasteiger partial charge on any atom is -0.351 e. The van der Waals surface area contributed by atoms with Crippen LogP contribution in [-0.2, 0) is 39.2 Å². The van der Waals surface area contributed by atoms with Crippen LogP contribution in [-0.4, -0.2) is 10.5 Å². The number of hydrogen-bond donors (Lipinski definition) is 1. The maximum atomic E-state index is 13.5. The summed E-state index contributed by atoms with van der Waals surface area (Å²) in [6.45, 7) is 12.4. The number of amides is 1. The number of nitrogens with one attached hydrogen (secondary N) is 1. The number of rotatable bonds is 9. The highest BCUT2D eigenvalue weighted by molar-refractivity contribution is 6.06. The molecule has 0 radical (unpaired) electrons. The fourth-order valence-electron chi connectivity index (χ4n) is 4.37. The number of carbonyl (C=O) groups excluding carboxylic acids is 1. The maximum absolute atomic E-state index is 13.5. The Morgan fingerprint density at radius 1 is 0.933 bits per heavy atom. The zero-order valence-corrected chi connectivity index (χ0v) is 19.9. The third-order valence-electron chi connectivity index (χ3n) is 6.10. The first-order chi connectivity index (χ1) is 14.3. The van der Waals surface area contributed by atoms with E-state index < -0.39 is 0 Å². The summed E-state index contributed by atoms with van der Waals surface area (Å²) in [5.74, 6) is -0.276. The molecular weight excluding hydrogens is 372 g/mol. The lowest BCUT2D eigenvalue weighted by atomic mass is 9.96. The Kier molecular flexibility index (Phi) is 8.45. The van der Waals surface area contributed by atoms with Crippen LogP contribution in [0.5, 0.6) is 0 Å². The fraction of sp³-hybridized carbons (Fsp3) is 0.538. The predicted octanol–water partition coefficient (Wildman–Crippen LogP) is 5.54. The Bertz CT molecular complexity index is 945. The molecule has 2 aromatic rings. The summed E-state index contributed by atoms with van der Waals surface area (Å²) < 4.78 is 2.03. The van der Waals surface area contributed by atoms with Crippen molar-refractivity contribution in [1.29, 1.82) is 0 Å². The van der Waals surface area contributed by atoms with Crippen LogP contribution in [0.25, 0.3) is 0 Å². The van der Waals surface area contributed by atoms with Crippen LogP contribution in [0.2, 0.25) is 0 Å². The van der Waals surface area contributed by atoms with Crippen LogP contribution in [0.15, 0.2) is 16.9 Å². The molecule has 0 fully saturated rings. The molecule has 164 valence electrons. The lowest BCUT2D eigenvalue weighted by molar-refractivity contribution is 0.102. The number of nitrogens with zero attached hydrogens (tertiary/aromatic N) is 1. The molecule has 0 atom stereocenters. The van der Waals surface area contributed by atoms with Crippen LogP contribution >= 0.6 is 0 Å². The fourth-order valence-corrected chi connectivity index (χ4v) is 4.37. The number of hydrogen-bond acceptors (Lipinski definition) is 2. The van der Waals surface area contributed by atoms with Crippen molar-refractivity contribution in [3.05, 3.63) is 61.6 Å². The molecule has 0 aliphatic carbocycles. The SMILES string of the molecule is CCCc1cc(CC)c(NC(=O)c2c(CCC)n(C)c(C)c(CC)c2=O)c(CC)c1. The van der Waals surface area contributed by atoms with Crippen LogP contribution in [0, 0.1) is 6.92 Å². The van der Waals surface area contributed by atoms with Gasteiger partial charge in [-0.3, -0.25) is 9.59 Å². The summed E-state index contributed by atoms with van der Waals surface area (Å²) >= 11 is 0. The molecule has 30 heavy (non-hydrogen) atoms. The zero-order chi connectivity index (χ0) is 22.4. The van der Waals surface area contributed by atoms with Crippen molar-refractivity contribution in [2.75, 3.05) is 5.32 Å². The van der Waals surface area contributed by atoms with Gasteiger partial charge in [-0.1, -0.05) is 59.6 Å². The number of carbonyl (C=O) groups is 1. The molecule has 0 saturated carbocycles. The second-order valence-electron chi connectivity index (χ2n) is 8.08. The lowest BCUT2D eigenvalue weighted by Gasteiger charge is -2.21. The first kappa shape index (κ1) is 23.9. The van der Waals surface area contributed by atoms with Crippen molar-refractivity contribution in [3.63, 3.8) is 0 Å². The molecule has 0 bridgehead atoms. The molecule has 1 heterocycles. The Morgan fingerprint density at radius 3 is 1.97 bits per heavy atom. The topological polar surface area (TPSA) is 51.1 Å². The van der Waals surface area contributed by atoms with Gasteiger partial charge in [0.15, 0.2) is 5.43 Å². The Balaban J connectivity index is 2.63. The summed E-state index contributed by atoms with van der Waals surface area (Å²) in [5.41, 5.74) is 7.18. The maximum Gasteiger partial charge on any atom is 0.261 e. The van der Waals surface area contributed by atoms with E-state index in [1.807, 2.05) is 25.5 Å². The van der Waals surface area contributed by atoms with E-state index in [1.54, 1.807) is 0 Å². The third kappa shape index (κ3) is 4.69. The Morgan fingerprint density at radius 2 is 1.50 bits per heavy atom. The summed E-state index contributed by atoms with van der Waals surface area (Å²) in [7, 11) is 1.96. The molecule has 4 nitrogen and oxygen atoms in total. The van der Waals surface area contributed by atoms with E-state index in [1.165, 1.54) is 5.56 Å². The molecule has 2 rings (SSSR count). The van der Waals surface area contributed by atoms with E-state index in [4.69, 9.17) is 0 Å². The highest BCUT2D eigenvalue weighted by atomic mass is 16.2. The van der Waals surface area contributed by atoms with Crippen molar-refractivity contribution in [2.45, 2.75) is 86.5 Å². The van der Waals surface area contributed by atoms with Crippen LogP contribution in [0.1, 0.15) is 91.5 Å². The molecule has 0 spiro atoms. The van der Waals surface area contributed by atoms with Crippen molar-refractivity contribution < 1.29 is 4.79 Å². The van der Waals surface area contributed by atoms with Gasteiger partial charge >= 0.3 is 0 Å². The Labute approximate surface area is 181 Å². The Hall–Kier alpha value is -2.36. The first-order valence-corrected chi connectivity index (χ1v) is 11.5. The summed E-state index contributed by atoms with van der Waals surface area (Å²) in [6.07, 6.45) is 6.02. The highest BCUT2D eigenvalue weighted by Crippen LogP contribution is 2.27. The van der Waals surface area contributed by atoms with Crippen LogP contribution < -0.4 is 10.7 Å². The number of aryl methyl sites for hydroxylation is 3. The molecule has 0 saturated heterocycles.